The number of fused-ring (bicyclic) bond motifs is 1. The summed E-state index contributed by atoms with van der Waals surface area (Å²) in [5.41, 5.74) is 0.853. The Morgan fingerprint density at radius 3 is 2.73 bits per heavy atom. The van der Waals surface area contributed by atoms with E-state index in [2.05, 4.69) is 14.8 Å². The molecule has 0 saturated heterocycles. The summed E-state index contributed by atoms with van der Waals surface area (Å²) in [5, 5.41) is 16.1. The summed E-state index contributed by atoms with van der Waals surface area (Å²) in [7, 11) is -3.82. The quantitative estimate of drug-likeness (QED) is 0.585. The molecule has 0 spiro atoms. The zero-order chi connectivity index (χ0) is 18.1. The summed E-state index contributed by atoms with van der Waals surface area (Å²) in [5.74, 6) is 0.470. The van der Waals surface area contributed by atoms with Gasteiger partial charge in [0, 0.05) is 5.39 Å². The van der Waals surface area contributed by atoms with Gasteiger partial charge in [0.05, 0.1) is 11.7 Å². The van der Waals surface area contributed by atoms with Crippen LogP contribution in [0.4, 0.5) is 5.82 Å². The summed E-state index contributed by atoms with van der Waals surface area (Å²) in [6, 6.07) is 16.2. The van der Waals surface area contributed by atoms with Gasteiger partial charge in [-0.1, -0.05) is 24.3 Å². The summed E-state index contributed by atoms with van der Waals surface area (Å²) in [6.07, 6.45) is 1.31. The van der Waals surface area contributed by atoms with Crippen LogP contribution in [-0.2, 0) is 10.0 Å². The fourth-order valence-corrected chi connectivity index (χ4v) is 4.53. The molecule has 0 fully saturated rings. The van der Waals surface area contributed by atoms with E-state index in [0.717, 1.165) is 22.2 Å². The second kappa shape index (κ2) is 6.25. The second-order valence-electron chi connectivity index (χ2n) is 5.33. The fraction of sp³-hybridized carbons (Fsp3) is 0. The molecule has 4 aromatic rings. The van der Waals surface area contributed by atoms with Crippen LogP contribution in [-0.4, -0.2) is 23.2 Å². The highest BCUT2D eigenvalue weighted by Gasteiger charge is 2.22. The maximum Gasteiger partial charge on any atom is 0.272 e. The van der Waals surface area contributed by atoms with Gasteiger partial charge in [-0.25, -0.2) is 13.4 Å². The fourth-order valence-electron chi connectivity index (χ4n) is 2.47. The minimum atomic E-state index is -3.82. The molecule has 4 rings (SSSR count). The first-order valence-electron chi connectivity index (χ1n) is 7.49. The van der Waals surface area contributed by atoms with E-state index in [-0.39, 0.29) is 15.6 Å². The van der Waals surface area contributed by atoms with Crippen molar-refractivity contribution in [3.05, 3.63) is 65.7 Å². The van der Waals surface area contributed by atoms with Crippen molar-refractivity contribution in [2.75, 3.05) is 4.72 Å². The molecule has 0 unspecified atom stereocenters. The average Bonchev–Trinajstić information content (AvgIpc) is 3.31. The van der Waals surface area contributed by atoms with Gasteiger partial charge >= 0.3 is 0 Å². The third-order valence-corrected chi connectivity index (χ3v) is 6.42. The molecule has 0 aliphatic heterocycles. The highest BCUT2D eigenvalue weighted by Crippen LogP contribution is 2.25. The number of hydrogen-bond donors (Lipinski definition) is 1. The van der Waals surface area contributed by atoms with Crippen LogP contribution in [0.5, 0.6) is 0 Å². The Morgan fingerprint density at radius 2 is 1.96 bits per heavy atom. The maximum atomic E-state index is 12.6. The number of nitrogens with zero attached hydrogens (tertiary/aromatic N) is 4. The van der Waals surface area contributed by atoms with Gasteiger partial charge in [-0.3, -0.25) is 4.72 Å². The molecule has 1 N–H and O–H groups in total. The van der Waals surface area contributed by atoms with E-state index in [4.69, 9.17) is 0 Å². The number of nitrogens with one attached hydrogen (secondary N) is 1. The maximum absolute atomic E-state index is 12.6. The number of thiophene rings is 1. The summed E-state index contributed by atoms with van der Waals surface area (Å²) < 4.78 is 29.0. The zero-order valence-corrected chi connectivity index (χ0v) is 14.8. The number of pyridine rings is 1. The van der Waals surface area contributed by atoms with E-state index in [0.29, 0.717) is 5.82 Å². The molecule has 0 aliphatic rings. The second-order valence-corrected chi connectivity index (χ2v) is 8.19. The van der Waals surface area contributed by atoms with Crippen LogP contribution >= 0.6 is 11.3 Å². The van der Waals surface area contributed by atoms with Gasteiger partial charge in [0.1, 0.15) is 15.8 Å². The van der Waals surface area contributed by atoms with Crippen LogP contribution in [0.1, 0.15) is 5.56 Å². The Labute approximate surface area is 153 Å². The van der Waals surface area contributed by atoms with Crippen LogP contribution in [0.2, 0.25) is 0 Å². The van der Waals surface area contributed by atoms with Crippen LogP contribution in [0, 0.1) is 11.3 Å². The van der Waals surface area contributed by atoms with Crippen molar-refractivity contribution < 1.29 is 8.42 Å². The molecule has 0 aliphatic carbocycles. The van der Waals surface area contributed by atoms with Crippen LogP contribution in [0.15, 0.2) is 64.3 Å². The van der Waals surface area contributed by atoms with Crippen molar-refractivity contribution in [2.24, 2.45) is 0 Å². The largest absolute Gasteiger partial charge is 0.272 e. The van der Waals surface area contributed by atoms with Crippen molar-refractivity contribution in [1.82, 2.24) is 14.8 Å². The van der Waals surface area contributed by atoms with Crippen molar-refractivity contribution in [3.63, 3.8) is 0 Å². The lowest BCUT2D eigenvalue weighted by molar-refractivity contribution is 0.602. The third kappa shape index (κ3) is 2.81. The van der Waals surface area contributed by atoms with E-state index in [1.54, 1.807) is 17.5 Å². The van der Waals surface area contributed by atoms with Crippen LogP contribution in [0.3, 0.4) is 0 Å². The number of nitriles is 1. The first kappa shape index (κ1) is 16.3. The third-order valence-electron chi connectivity index (χ3n) is 3.68. The molecule has 9 heteroatoms. The van der Waals surface area contributed by atoms with Crippen molar-refractivity contribution in [1.29, 1.82) is 5.26 Å². The van der Waals surface area contributed by atoms with E-state index in [1.165, 1.54) is 16.9 Å². The molecule has 0 bridgehead atoms. The number of rotatable bonds is 4. The summed E-state index contributed by atoms with van der Waals surface area (Å²) in [4.78, 5) is 4.51. The Bertz CT molecular complexity index is 1240. The molecular formula is C17H11N5O2S2. The van der Waals surface area contributed by atoms with Gasteiger partial charge in [-0.2, -0.15) is 15.0 Å². The smallest absolute Gasteiger partial charge is 0.261 e. The lowest BCUT2D eigenvalue weighted by atomic mass is 10.2. The Kier molecular flexibility index (Phi) is 3.91. The highest BCUT2D eigenvalue weighted by molar-refractivity contribution is 7.94. The van der Waals surface area contributed by atoms with Gasteiger partial charge in [0.2, 0.25) is 0 Å². The number of para-hydroxylation sites is 1. The zero-order valence-electron chi connectivity index (χ0n) is 13.2. The molecule has 26 heavy (non-hydrogen) atoms. The number of sulfonamides is 1. The molecule has 3 aromatic heterocycles. The van der Waals surface area contributed by atoms with Gasteiger partial charge in [0.25, 0.3) is 10.0 Å². The highest BCUT2D eigenvalue weighted by atomic mass is 32.2. The molecule has 0 amide bonds. The normalized spacial score (nSPS) is 11.3. The van der Waals surface area contributed by atoms with Gasteiger partial charge < -0.3 is 0 Å². The molecule has 0 atom stereocenters. The van der Waals surface area contributed by atoms with E-state index in [1.807, 2.05) is 36.4 Å². The molecule has 1 aromatic carbocycles. The number of benzene rings is 1. The molecule has 128 valence electrons. The summed E-state index contributed by atoms with van der Waals surface area (Å²) in [6.45, 7) is 0. The van der Waals surface area contributed by atoms with Crippen molar-refractivity contribution >= 4 is 38.1 Å². The number of aromatic nitrogens is 3. The Hall–Kier alpha value is -3.22. The topological polar surface area (TPSA) is 101 Å². The molecule has 0 saturated carbocycles. The lowest BCUT2D eigenvalue weighted by Gasteiger charge is -2.10. The predicted molar refractivity (Wildman–Crippen MR) is 98.7 cm³/mol. The SMILES string of the molecule is N#Cc1cnn(-c2ccc3ccccc3n2)c1NS(=O)(=O)c1cccs1. The monoisotopic (exact) mass is 381 g/mol. The minimum absolute atomic E-state index is 0.0590. The van der Waals surface area contributed by atoms with Crippen molar-refractivity contribution in [2.45, 2.75) is 4.21 Å². The predicted octanol–water partition coefficient (Wildman–Crippen LogP) is 3.15. The number of anilines is 1. The lowest BCUT2D eigenvalue weighted by Crippen LogP contribution is -2.16. The first-order chi connectivity index (χ1) is 12.6. The van der Waals surface area contributed by atoms with Gasteiger partial charge in [0.15, 0.2) is 11.6 Å². The Morgan fingerprint density at radius 1 is 1.12 bits per heavy atom. The summed E-state index contributed by atoms with van der Waals surface area (Å²) >= 11 is 1.09. The van der Waals surface area contributed by atoms with Crippen LogP contribution in [0.25, 0.3) is 16.7 Å². The minimum Gasteiger partial charge on any atom is -0.261 e. The van der Waals surface area contributed by atoms with E-state index < -0.39 is 10.0 Å². The van der Waals surface area contributed by atoms with E-state index in [9.17, 15) is 13.7 Å². The van der Waals surface area contributed by atoms with Gasteiger partial charge in [-0.15, -0.1) is 11.3 Å². The standard InChI is InChI=1S/C17H11N5O2S2/c18-10-13-11-19-22(15-8-7-12-4-1-2-5-14(12)20-15)17(13)21-26(23,24)16-6-3-9-25-16/h1-9,11,21H. The molecule has 3 heterocycles. The molecule has 0 radical (unpaired) electrons. The first-order valence-corrected chi connectivity index (χ1v) is 9.85. The van der Waals surface area contributed by atoms with E-state index >= 15 is 0 Å². The molecule has 7 nitrogen and oxygen atoms in total. The van der Waals surface area contributed by atoms with Crippen LogP contribution < -0.4 is 4.72 Å². The Balaban J connectivity index is 1.83. The average molecular weight is 381 g/mol. The van der Waals surface area contributed by atoms with Gasteiger partial charge in [-0.05, 0) is 29.6 Å². The number of hydrogen-bond acceptors (Lipinski definition) is 6. The van der Waals surface area contributed by atoms with Crippen molar-refractivity contribution in [3.8, 4) is 11.9 Å². The molecular weight excluding hydrogens is 370 g/mol.